The van der Waals surface area contributed by atoms with Crippen LogP contribution in [0.25, 0.3) is 0 Å². The van der Waals surface area contributed by atoms with Crippen molar-refractivity contribution in [3.63, 3.8) is 0 Å². The SMILES string of the molecule is CC[NH+](CC)CCCCCOc1ccc(C(C)(C)C)cc1. The molecule has 0 aliphatic rings. The van der Waals surface area contributed by atoms with Gasteiger partial charge in [-0.15, -0.1) is 0 Å². The largest absolute Gasteiger partial charge is 0.494 e. The van der Waals surface area contributed by atoms with Crippen molar-refractivity contribution in [2.24, 2.45) is 0 Å². The van der Waals surface area contributed by atoms with E-state index < -0.39 is 0 Å². The molecule has 1 aromatic carbocycles. The molecule has 0 heterocycles. The minimum atomic E-state index is 0.214. The van der Waals surface area contributed by atoms with Gasteiger partial charge < -0.3 is 9.64 Å². The van der Waals surface area contributed by atoms with Crippen LogP contribution in [0.15, 0.2) is 24.3 Å². The van der Waals surface area contributed by atoms with E-state index in [1.807, 2.05) is 0 Å². The Morgan fingerprint density at radius 2 is 1.52 bits per heavy atom. The Balaban J connectivity index is 2.18. The number of hydrogen-bond donors (Lipinski definition) is 1. The first-order chi connectivity index (χ1) is 9.97. The van der Waals surface area contributed by atoms with Gasteiger partial charge in [-0.3, -0.25) is 0 Å². The predicted molar refractivity (Wildman–Crippen MR) is 91.4 cm³/mol. The fraction of sp³-hybridized carbons (Fsp3) is 0.684. The number of rotatable bonds is 9. The first-order valence-corrected chi connectivity index (χ1v) is 8.54. The number of quaternary nitrogens is 1. The zero-order valence-corrected chi connectivity index (χ0v) is 14.7. The van der Waals surface area contributed by atoms with Gasteiger partial charge in [0.05, 0.1) is 26.2 Å². The summed E-state index contributed by atoms with van der Waals surface area (Å²) in [6.45, 7) is 15.9. The highest BCUT2D eigenvalue weighted by molar-refractivity contribution is 5.31. The van der Waals surface area contributed by atoms with E-state index in [-0.39, 0.29) is 5.41 Å². The number of nitrogens with one attached hydrogen (secondary N) is 1. The maximum Gasteiger partial charge on any atom is 0.119 e. The van der Waals surface area contributed by atoms with Crippen molar-refractivity contribution in [1.82, 2.24) is 0 Å². The fourth-order valence-electron chi connectivity index (χ4n) is 2.50. The Hall–Kier alpha value is -1.02. The molecule has 0 bridgehead atoms. The molecule has 0 amide bonds. The van der Waals surface area contributed by atoms with Crippen molar-refractivity contribution in [2.45, 2.75) is 59.3 Å². The molecule has 0 radical (unpaired) electrons. The topological polar surface area (TPSA) is 13.7 Å². The molecule has 1 rings (SSSR count). The van der Waals surface area contributed by atoms with E-state index in [1.54, 1.807) is 4.90 Å². The van der Waals surface area contributed by atoms with Crippen molar-refractivity contribution in [2.75, 3.05) is 26.2 Å². The molecule has 0 spiro atoms. The second-order valence-corrected chi connectivity index (χ2v) is 6.89. The van der Waals surface area contributed by atoms with E-state index in [9.17, 15) is 0 Å². The lowest BCUT2D eigenvalue weighted by Crippen LogP contribution is -3.11. The normalized spacial score (nSPS) is 11.9. The zero-order valence-electron chi connectivity index (χ0n) is 14.7. The van der Waals surface area contributed by atoms with Crippen LogP contribution in [0.3, 0.4) is 0 Å². The van der Waals surface area contributed by atoms with Crippen LogP contribution in [-0.4, -0.2) is 26.2 Å². The summed E-state index contributed by atoms with van der Waals surface area (Å²) in [6, 6.07) is 8.55. The van der Waals surface area contributed by atoms with Crippen LogP contribution < -0.4 is 9.64 Å². The van der Waals surface area contributed by atoms with Crippen LogP contribution in [0.5, 0.6) is 5.75 Å². The Labute approximate surface area is 131 Å². The maximum absolute atomic E-state index is 5.83. The maximum atomic E-state index is 5.83. The van der Waals surface area contributed by atoms with Crippen LogP contribution in [0.2, 0.25) is 0 Å². The fourth-order valence-corrected chi connectivity index (χ4v) is 2.50. The Morgan fingerprint density at radius 1 is 0.905 bits per heavy atom. The summed E-state index contributed by atoms with van der Waals surface area (Å²) in [7, 11) is 0. The number of ether oxygens (including phenoxy) is 1. The molecule has 0 fully saturated rings. The van der Waals surface area contributed by atoms with Crippen molar-refractivity contribution in [3.05, 3.63) is 29.8 Å². The number of unbranched alkanes of at least 4 members (excludes halogenated alkanes) is 2. The van der Waals surface area contributed by atoms with Crippen LogP contribution >= 0.6 is 0 Å². The Kier molecular flexibility index (Phi) is 7.81. The third kappa shape index (κ3) is 6.99. The van der Waals surface area contributed by atoms with Gasteiger partial charge >= 0.3 is 0 Å². The zero-order chi connectivity index (χ0) is 15.7. The van der Waals surface area contributed by atoms with Crippen molar-refractivity contribution < 1.29 is 9.64 Å². The molecule has 1 aromatic rings. The van der Waals surface area contributed by atoms with Gasteiger partial charge in [0.25, 0.3) is 0 Å². The molecule has 2 heteroatoms. The minimum absolute atomic E-state index is 0.214. The summed E-state index contributed by atoms with van der Waals surface area (Å²) < 4.78 is 5.83. The molecule has 0 unspecified atom stereocenters. The first-order valence-electron chi connectivity index (χ1n) is 8.54. The van der Waals surface area contributed by atoms with Crippen LogP contribution in [0, 0.1) is 0 Å². The van der Waals surface area contributed by atoms with E-state index in [2.05, 4.69) is 58.9 Å². The molecule has 21 heavy (non-hydrogen) atoms. The summed E-state index contributed by atoms with van der Waals surface area (Å²) in [5.74, 6) is 0.998. The van der Waals surface area contributed by atoms with E-state index in [0.717, 1.165) is 18.8 Å². The molecular weight excluding hydrogens is 258 g/mol. The third-order valence-electron chi connectivity index (χ3n) is 4.16. The van der Waals surface area contributed by atoms with E-state index in [0.29, 0.717) is 0 Å². The van der Waals surface area contributed by atoms with E-state index >= 15 is 0 Å². The van der Waals surface area contributed by atoms with Crippen molar-refractivity contribution in [3.8, 4) is 5.75 Å². The lowest BCUT2D eigenvalue weighted by molar-refractivity contribution is -0.896. The summed E-state index contributed by atoms with van der Waals surface area (Å²) >= 11 is 0. The Bertz CT molecular complexity index is 374. The molecule has 0 aromatic heterocycles. The second kappa shape index (κ2) is 9.09. The molecule has 0 aliphatic carbocycles. The van der Waals surface area contributed by atoms with E-state index in [4.69, 9.17) is 4.74 Å². The van der Waals surface area contributed by atoms with Crippen molar-refractivity contribution in [1.29, 1.82) is 0 Å². The van der Waals surface area contributed by atoms with E-state index in [1.165, 1.54) is 38.0 Å². The summed E-state index contributed by atoms with van der Waals surface area (Å²) in [5.41, 5.74) is 1.57. The monoisotopic (exact) mass is 292 g/mol. The standard InChI is InChI=1S/C19H33NO/c1-6-20(7-2)15-9-8-10-16-21-18-13-11-17(12-14-18)19(3,4)5/h11-14H,6-10,15-16H2,1-5H3/p+1. The third-order valence-corrected chi connectivity index (χ3v) is 4.16. The summed E-state index contributed by atoms with van der Waals surface area (Å²) in [4.78, 5) is 1.70. The highest BCUT2D eigenvalue weighted by Gasteiger charge is 2.12. The highest BCUT2D eigenvalue weighted by atomic mass is 16.5. The minimum Gasteiger partial charge on any atom is -0.494 e. The molecule has 0 saturated carbocycles. The van der Waals surface area contributed by atoms with Gasteiger partial charge in [-0.05, 0) is 56.2 Å². The second-order valence-electron chi connectivity index (χ2n) is 6.89. The lowest BCUT2D eigenvalue weighted by Gasteiger charge is -2.19. The number of benzene rings is 1. The first kappa shape index (κ1) is 18.0. The average molecular weight is 292 g/mol. The molecule has 1 N–H and O–H groups in total. The number of hydrogen-bond acceptors (Lipinski definition) is 1. The van der Waals surface area contributed by atoms with Gasteiger partial charge in [-0.1, -0.05) is 32.9 Å². The average Bonchev–Trinajstić information content (AvgIpc) is 2.46. The molecule has 0 saturated heterocycles. The quantitative estimate of drug-likeness (QED) is 0.688. The van der Waals surface area contributed by atoms with Gasteiger partial charge in [0, 0.05) is 0 Å². The lowest BCUT2D eigenvalue weighted by atomic mass is 9.87. The van der Waals surface area contributed by atoms with Gasteiger partial charge in [0.15, 0.2) is 0 Å². The summed E-state index contributed by atoms with van der Waals surface area (Å²) in [6.07, 6.45) is 3.73. The molecule has 0 atom stereocenters. The van der Waals surface area contributed by atoms with Gasteiger partial charge in [0.2, 0.25) is 0 Å². The molecule has 120 valence electrons. The van der Waals surface area contributed by atoms with Crippen LogP contribution in [0.4, 0.5) is 0 Å². The molecular formula is C19H34NO+. The highest BCUT2D eigenvalue weighted by Crippen LogP contribution is 2.24. The van der Waals surface area contributed by atoms with Crippen LogP contribution in [-0.2, 0) is 5.41 Å². The molecule has 2 nitrogen and oxygen atoms in total. The summed E-state index contributed by atoms with van der Waals surface area (Å²) in [5, 5.41) is 0. The van der Waals surface area contributed by atoms with Gasteiger partial charge in [0.1, 0.15) is 5.75 Å². The van der Waals surface area contributed by atoms with Crippen LogP contribution in [0.1, 0.15) is 59.4 Å². The van der Waals surface area contributed by atoms with Gasteiger partial charge in [-0.25, -0.2) is 0 Å². The Morgan fingerprint density at radius 3 is 2.05 bits per heavy atom. The van der Waals surface area contributed by atoms with Crippen molar-refractivity contribution >= 4 is 0 Å². The van der Waals surface area contributed by atoms with Gasteiger partial charge in [-0.2, -0.15) is 0 Å². The predicted octanol–water partition coefficient (Wildman–Crippen LogP) is 3.46. The smallest absolute Gasteiger partial charge is 0.119 e. The molecule has 0 aliphatic heterocycles.